The second-order valence-corrected chi connectivity index (χ2v) is 6.60. The van der Waals surface area contributed by atoms with E-state index < -0.39 is 6.04 Å². The number of amides is 2. The molecule has 1 unspecified atom stereocenters. The highest BCUT2D eigenvalue weighted by molar-refractivity contribution is 6.00. The van der Waals surface area contributed by atoms with Crippen molar-refractivity contribution in [3.63, 3.8) is 0 Å². The first-order valence-corrected chi connectivity index (χ1v) is 9.09. The number of carbonyl (C=O) groups excluding carboxylic acids is 2. The summed E-state index contributed by atoms with van der Waals surface area (Å²) in [5.41, 5.74) is 7.45. The first-order valence-electron chi connectivity index (χ1n) is 9.09. The molecule has 3 rings (SSSR count). The fourth-order valence-corrected chi connectivity index (χ4v) is 3.36. The minimum atomic E-state index is -0.549. The second kappa shape index (κ2) is 8.64. The summed E-state index contributed by atoms with van der Waals surface area (Å²) in [6.45, 7) is 2.53. The van der Waals surface area contributed by atoms with Gasteiger partial charge in [0, 0.05) is 39.4 Å². The van der Waals surface area contributed by atoms with Crippen LogP contribution in [-0.2, 0) is 11.2 Å². The van der Waals surface area contributed by atoms with Gasteiger partial charge in [0.25, 0.3) is 5.91 Å². The van der Waals surface area contributed by atoms with Crippen LogP contribution in [0.25, 0.3) is 0 Å². The van der Waals surface area contributed by atoms with Gasteiger partial charge in [0.1, 0.15) is 11.9 Å². The van der Waals surface area contributed by atoms with Crippen molar-refractivity contribution >= 4 is 17.6 Å². The van der Waals surface area contributed by atoms with Gasteiger partial charge in [-0.1, -0.05) is 30.3 Å². The second-order valence-electron chi connectivity index (χ2n) is 6.60. The number of rotatable bonds is 5. The molecule has 1 aliphatic heterocycles. The molecule has 3 N–H and O–H groups in total. The molecule has 0 saturated carbocycles. The van der Waals surface area contributed by atoms with Gasteiger partial charge in [-0.25, -0.2) is 4.98 Å². The zero-order chi connectivity index (χ0) is 19.2. The highest BCUT2D eigenvalue weighted by atomic mass is 16.2. The summed E-state index contributed by atoms with van der Waals surface area (Å²) < 4.78 is 0. The molecule has 0 radical (unpaired) electrons. The topological polar surface area (TPSA) is 91.6 Å². The number of hydrogen-bond acceptors (Lipinski definition) is 5. The summed E-state index contributed by atoms with van der Waals surface area (Å²) >= 11 is 0. The van der Waals surface area contributed by atoms with E-state index in [0.29, 0.717) is 25.2 Å². The maximum absolute atomic E-state index is 12.9. The monoisotopic (exact) mass is 367 g/mol. The van der Waals surface area contributed by atoms with Gasteiger partial charge in [0.15, 0.2) is 0 Å². The molecule has 7 nitrogen and oxygen atoms in total. The van der Waals surface area contributed by atoms with Gasteiger partial charge in [-0.3, -0.25) is 14.5 Å². The molecular weight excluding hydrogens is 342 g/mol. The molecule has 2 amide bonds. The van der Waals surface area contributed by atoms with Crippen molar-refractivity contribution < 1.29 is 9.59 Å². The standard InChI is InChI=1S/C20H25N5O2/c1-22-19(26)17-14-24(11-9-15-6-3-2-4-7-15)12-13-25(17)20(27)16-8-5-10-23-18(16)21/h2-8,10,17H,9,11-14H2,1H3,(H2,21,23)(H,22,26). The van der Waals surface area contributed by atoms with Crippen molar-refractivity contribution in [1.82, 2.24) is 20.1 Å². The first-order chi connectivity index (χ1) is 13.1. The van der Waals surface area contributed by atoms with E-state index in [1.807, 2.05) is 18.2 Å². The molecule has 2 heterocycles. The molecule has 1 atom stereocenters. The van der Waals surface area contributed by atoms with Crippen LogP contribution in [0.4, 0.5) is 5.82 Å². The van der Waals surface area contributed by atoms with E-state index in [2.05, 4.69) is 27.3 Å². The maximum Gasteiger partial charge on any atom is 0.258 e. The lowest BCUT2D eigenvalue weighted by atomic mass is 10.1. The number of nitrogens with zero attached hydrogens (tertiary/aromatic N) is 3. The summed E-state index contributed by atoms with van der Waals surface area (Å²) in [5.74, 6) is -0.239. The van der Waals surface area contributed by atoms with Crippen LogP contribution in [0.3, 0.4) is 0 Å². The van der Waals surface area contributed by atoms with Gasteiger partial charge in [-0.15, -0.1) is 0 Å². The quantitative estimate of drug-likeness (QED) is 0.815. The maximum atomic E-state index is 12.9. The minimum absolute atomic E-state index is 0.171. The lowest BCUT2D eigenvalue weighted by Gasteiger charge is -2.40. The van der Waals surface area contributed by atoms with Crippen molar-refractivity contribution in [2.45, 2.75) is 12.5 Å². The van der Waals surface area contributed by atoms with Crippen LogP contribution in [0.2, 0.25) is 0 Å². The summed E-state index contributed by atoms with van der Waals surface area (Å²) in [5, 5.41) is 2.67. The van der Waals surface area contributed by atoms with Crippen LogP contribution in [0, 0.1) is 0 Å². The van der Waals surface area contributed by atoms with Gasteiger partial charge >= 0.3 is 0 Å². The van der Waals surface area contributed by atoms with Crippen molar-refractivity contribution in [1.29, 1.82) is 0 Å². The van der Waals surface area contributed by atoms with Gasteiger partial charge in [-0.05, 0) is 24.1 Å². The van der Waals surface area contributed by atoms with E-state index in [0.717, 1.165) is 13.0 Å². The van der Waals surface area contributed by atoms with E-state index in [1.54, 1.807) is 30.3 Å². The largest absolute Gasteiger partial charge is 0.383 e. The summed E-state index contributed by atoms with van der Waals surface area (Å²) in [6, 6.07) is 13.0. The fraction of sp³-hybridized carbons (Fsp3) is 0.350. The zero-order valence-electron chi connectivity index (χ0n) is 15.5. The van der Waals surface area contributed by atoms with Gasteiger partial charge < -0.3 is 16.0 Å². The van der Waals surface area contributed by atoms with Gasteiger partial charge in [0.2, 0.25) is 5.91 Å². The van der Waals surface area contributed by atoms with Crippen molar-refractivity contribution in [3.05, 3.63) is 59.8 Å². The van der Waals surface area contributed by atoms with Crippen LogP contribution < -0.4 is 11.1 Å². The Labute approximate surface area is 159 Å². The molecule has 1 aromatic heterocycles. The molecule has 27 heavy (non-hydrogen) atoms. The summed E-state index contributed by atoms with van der Waals surface area (Å²) in [4.78, 5) is 33.2. The third-order valence-corrected chi connectivity index (χ3v) is 4.90. The molecule has 7 heteroatoms. The number of nitrogen functional groups attached to an aromatic ring is 1. The Balaban J connectivity index is 1.70. The van der Waals surface area contributed by atoms with E-state index in [-0.39, 0.29) is 17.6 Å². The van der Waals surface area contributed by atoms with E-state index in [4.69, 9.17) is 5.73 Å². The lowest BCUT2D eigenvalue weighted by Crippen LogP contribution is -2.60. The lowest BCUT2D eigenvalue weighted by molar-refractivity contribution is -0.127. The number of likely N-dealkylation sites (N-methyl/N-ethyl adjacent to an activating group) is 1. The Morgan fingerprint density at radius 1 is 1.19 bits per heavy atom. The van der Waals surface area contributed by atoms with Crippen LogP contribution in [0.15, 0.2) is 48.7 Å². The third-order valence-electron chi connectivity index (χ3n) is 4.90. The Morgan fingerprint density at radius 2 is 1.96 bits per heavy atom. The van der Waals surface area contributed by atoms with Gasteiger partial charge in [-0.2, -0.15) is 0 Å². The smallest absolute Gasteiger partial charge is 0.258 e. The van der Waals surface area contributed by atoms with Gasteiger partial charge in [0.05, 0.1) is 5.56 Å². The summed E-state index contributed by atoms with van der Waals surface area (Å²) in [7, 11) is 1.59. The summed E-state index contributed by atoms with van der Waals surface area (Å²) in [6.07, 6.45) is 2.45. The predicted molar refractivity (Wildman–Crippen MR) is 104 cm³/mol. The Kier molecular flexibility index (Phi) is 6.03. The fourth-order valence-electron chi connectivity index (χ4n) is 3.36. The SMILES string of the molecule is CNC(=O)C1CN(CCc2ccccc2)CCN1C(=O)c1cccnc1N. The number of anilines is 1. The highest BCUT2D eigenvalue weighted by Crippen LogP contribution is 2.18. The Hall–Kier alpha value is -2.93. The number of benzene rings is 1. The van der Waals surface area contributed by atoms with Crippen molar-refractivity contribution in [2.75, 3.05) is 39.0 Å². The molecule has 1 fully saturated rings. The third kappa shape index (κ3) is 4.43. The zero-order valence-corrected chi connectivity index (χ0v) is 15.5. The number of aromatic nitrogens is 1. The average molecular weight is 367 g/mol. The molecule has 0 bridgehead atoms. The average Bonchev–Trinajstić information content (AvgIpc) is 2.72. The number of hydrogen-bond donors (Lipinski definition) is 2. The molecule has 0 aliphatic carbocycles. The van der Waals surface area contributed by atoms with E-state index in [9.17, 15) is 9.59 Å². The molecule has 2 aromatic rings. The normalized spacial score (nSPS) is 17.5. The van der Waals surface area contributed by atoms with Crippen LogP contribution >= 0.6 is 0 Å². The number of pyridine rings is 1. The number of piperazine rings is 1. The molecule has 1 aliphatic rings. The first kappa shape index (κ1) is 18.8. The molecule has 142 valence electrons. The number of carbonyl (C=O) groups is 2. The van der Waals surface area contributed by atoms with Crippen molar-refractivity contribution in [3.8, 4) is 0 Å². The minimum Gasteiger partial charge on any atom is -0.383 e. The van der Waals surface area contributed by atoms with E-state index >= 15 is 0 Å². The Bertz CT molecular complexity index is 796. The van der Waals surface area contributed by atoms with Crippen molar-refractivity contribution in [2.24, 2.45) is 0 Å². The van der Waals surface area contributed by atoms with Crippen LogP contribution in [-0.4, -0.2) is 65.9 Å². The highest BCUT2D eigenvalue weighted by Gasteiger charge is 2.35. The predicted octanol–water partition coefficient (Wildman–Crippen LogP) is 0.779. The molecule has 1 saturated heterocycles. The Morgan fingerprint density at radius 3 is 2.67 bits per heavy atom. The number of nitrogens with one attached hydrogen (secondary N) is 1. The molecule has 1 aromatic carbocycles. The number of nitrogens with two attached hydrogens (primary N) is 1. The van der Waals surface area contributed by atoms with Crippen LogP contribution in [0.5, 0.6) is 0 Å². The van der Waals surface area contributed by atoms with E-state index in [1.165, 1.54) is 5.56 Å². The molecular formula is C20H25N5O2. The molecule has 0 spiro atoms. The van der Waals surface area contributed by atoms with Crippen LogP contribution in [0.1, 0.15) is 15.9 Å².